The number of anilines is 1. The van der Waals surface area contributed by atoms with Crippen molar-refractivity contribution in [1.82, 2.24) is 30.3 Å². The average molecular weight is 429 g/mol. The van der Waals surface area contributed by atoms with E-state index in [0.717, 1.165) is 44.8 Å². The number of hydrogen-bond acceptors (Lipinski definition) is 5. The molecule has 2 aromatic rings. The summed E-state index contributed by atoms with van der Waals surface area (Å²) in [5, 5.41) is 14.7. The van der Waals surface area contributed by atoms with Crippen molar-refractivity contribution in [3.05, 3.63) is 42.5 Å². The van der Waals surface area contributed by atoms with Gasteiger partial charge in [-0.15, -0.1) is 10.2 Å². The summed E-state index contributed by atoms with van der Waals surface area (Å²) in [6, 6.07) is 10.4. The second-order valence-corrected chi connectivity index (χ2v) is 7.37. The first-order valence-electron chi connectivity index (χ1n) is 10.9. The normalized spacial score (nSPS) is 11.3. The number of nitrogens with one attached hydrogen (secondary N) is 2. The molecule has 2 N–H and O–H groups in total. The Balaban J connectivity index is 1.85. The second-order valence-electron chi connectivity index (χ2n) is 7.37. The van der Waals surface area contributed by atoms with Gasteiger partial charge in [-0.2, -0.15) is 0 Å². The number of likely N-dealkylation sites (N-methyl/N-ethyl adjacent to an activating group) is 1. The van der Waals surface area contributed by atoms with Crippen molar-refractivity contribution >= 4 is 17.6 Å². The summed E-state index contributed by atoms with van der Waals surface area (Å²) in [4.78, 5) is 20.3. The Morgan fingerprint density at radius 3 is 2.55 bits per heavy atom. The van der Waals surface area contributed by atoms with Gasteiger partial charge >= 0.3 is 0 Å². The highest BCUT2D eigenvalue weighted by molar-refractivity contribution is 5.84. The number of para-hydroxylation sites is 1. The minimum atomic E-state index is -0.0329. The maximum absolute atomic E-state index is 11.9. The van der Waals surface area contributed by atoms with Crippen LogP contribution in [0.25, 0.3) is 0 Å². The highest BCUT2D eigenvalue weighted by Gasteiger charge is 2.07. The Morgan fingerprint density at radius 2 is 1.87 bits per heavy atom. The minimum Gasteiger partial charge on any atom is -0.372 e. The van der Waals surface area contributed by atoms with Crippen molar-refractivity contribution < 1.29 is 4.79 Å². The number of amides is 1. The zero-order chi connectivity index (χ0) is 22.5. The number of aliphatic imine (C=N–C) groups is 1. The highest BCUT2D eigenvalue weighted by Crippen LogP contribution is 2.12. The minimum absolute atomic E-state index is 0.0329. The van der Waals surface area contributed by atoms with Crippen LogP contribution in [0, 0.1) is 0 Å². The predicted octanol–water partition coefficient (Wildman–Crippen LogP) is 1.38. The molecule has 0 unspecified atom stereocenters. The smallest absolute Gasteiger partial charge is 0.243 e. The van der Waals surface area contributed by atoms with Crippen LogP contribution >= 0.6 is 0 Å². The van der Waals surface area contributed by atoms with Crippen LogP contribution in [0.5, 0.6) is 0 Å². The first-order chi connectivity index (χ1) is 15.0. The number of aromatic nitrogens is 3. The van der Waals surface area contributed by atoms with Gasteiger partial charge in [-0.25, -0.2) is 4.99 Å². The molecule has 0 saturated heterocycles. The van der Waals surface area contributed by atoms with E-state index in [9.17, 15) is 4.79 Å². The number of rotatable bonds is 12. The largest absolute Gasteiger partial charge is 0.372 e. The van der Waals surface area contributed by atoms with Gasteiger partial charge in [0.15, 0.2) is 5.96 Å². The van der Waals surface area contributed by atoms with Gasteiger partial charge in [0.1, 0.15) is 18.7 Å². The topological polar surface area (TPSA) is 90.7 Å². The summed E-state index contributed by atoms with van der Waals surface area (Å²) in [5.41, 5.74) is 1.23. The fraction of sp³-hybridized carbons (Fsp3) is 0.545. The lowest BCUT2D eigenvalue weighted by Crippen LogP contribution is -2.41. The standard InChI is InChI=1S/C22H36N8O/c1-5-20-27-26-18-30(20)16-14-24-22(25-17-21(31)28(3)4)23-13-10-15-29(6-2)19-11-8-7-9-12-19/h7-9,11-12,18H,5-6,10,13-17H2,1-4H3,(H2,23,24,25). The summed E-state index contributed by atoms with van der Waals surface area (Å²) in [7, 11) is 3.47. The van der Waals surface area contributed by atoms with Crippen molar-refractivity contribution in [2.24, 2.45) is 4.99 Å². The number of benzene rings is 1. The molecule has 9 heteroatoms. The van der Waals surface area contributed by atoms with Crippen LogP contribution in [0.3, 0.4) is 0 Å². The van der Waals surface area contributed by atoms with E-state index in [2.05, 4.69) is 68.8 Å². The van der Waals surface area contributed by atoms with Crippen LogP contribution in [0.1, 0.15) is 26.1 Å². The summed E-state index contributed by atoms with van der Waals surface area (Å²) < 4.78 is 2.02. The molecule has 0 aliphatic heterocycles. The number of carbonyl (C=O) groups excluding carboxylic acids is 1. The van der Waals surface area contributed by atoms with Crippen molar-refractivity contribution in [1.29, 1.82) is 0 Å². The van der Waals surface area contributed by atoms with Gasteiger partial charge in [0, 0.05) is 58.9 Å². The molecule has 1 amide bonds. The third-order valence-electron chi connectivity index (χ3n) is 4.93. The molecule has 170 valence electrons. The lowest BCUT2D eigenvalue weighted by molar-refractivity contribution is -0.127. The second kappa shape index (κ2) is 13.3. The molecule has 1 aromatic heterocycles. The summed E-state index contributed by atoms with van der Waals surface area (Å²) in [6.07, 6.45) is 3.53. The number of guanidine groups is 1. The molecule has 31 heavy (non-hydrogen) atoms. The van der Waals surface area contributed by atoms with Crippen molar-refractivity contribution in [2.75, 3.05) is 51.7 Å². The number of hydrogen-bond donors (Lipinski definition) is 2. The first kappa shape index (κ1) is 24.2. The third kappa shape index (κ3) is 8.27. The quantitative estimate of drug-likeness (QED) is 0.302. The lowest BCUT2D eigenvalue weighted by atomic mass is 10.2. The molecule has 9 nitrogen and oxygen atoms in total. The molecule has 0 aliphatic carbocycles. The molecule has 0 radical (unpaired) electrons. The van der Waals surface area contributed by atoms with Crippen molar-refractivity contribution in [3.8, 4) is 0 Å². The monoisotopic (exact) mass is 428 g/mol. The molecule has 1 aromatic carbocycles. The molecule has 0 spiro atoms. The van der Waals surface area contributed by atoms with Crippen LogP contribution in [-0.2, 0) is 17.8 Å². The average Bonchev–Trinajstić information content (AvgIpc) is 3.24. The Hall–Kier alpha value is -3.10. The molecular formula is C22H36N8O. The molecule has 2 rings (SSSR count). The molecular weight excluding hydrogens is 392 g/mol. The Labute approximate surface area is 185 Å². The van der Waals surface area contributed by atoms with Gasteiger partial charge in [0.2, 0.25) is 5.91 Å². The molecule has 0 bridgehead atoms. The number of aryl methyl sites for hydroxylation is 1. The summed E-state index contributed by atoms with van der Waals surface area (Å²) in [5.74, 6) is 1.56. The van der Waals surface area contributed by atoms with E-state index in [1.54, 1.807) is 25.3 Å². The van der Waals surface area contributed by atoms with Gasteiger partial charge in [-0.3, -0.25) is 4.79 Å². The van der Waals surface area contributed by atoms with E-state index in [1.165, 1.54) is 5.69 Å². The van der Waals surface area contributed by atoms with E-state index in [-0.39, 0.29) is 12.5 Å². The Morgan fingerprint density at radius 1 is 1.13 bits per heavy atom. The molecule has 1 heterocycles. The number of carbonyl (C=O) groups is 1. The van der Waals surface area contributed by atoms with Crippen LogP contribution < -0.4 is 15.5 Å². The van der Waals surface area contributed by atoms with E-state index in [1.807, 2.05) is 10.6 Å². The van der Waals surface area contributed by atoms with Crippen molar-refractivity contribution in [3.63, 3.8) is 0 Å². The Bertz CT molecular complexity index is 803. The maximum atomic E-state index is 11.9. The molecule has 0 atom stereocenters. The maximum Gasteiger partial charge on any atom is 0.243 e. The fourth-order valence-electron chi connectivity index (χ4n) is 3.08. The van der Waals surface area contributed by atoms with Gasteiger partial charge in [0.05, 0.1) is 0 Å². The van der Waals surface area contributed by atoms with Crippen LogP contribution in [0.15, 0.2) is 41.7 Å². The highest BCUT2D eigenvalue weighted by atomic mass is 16.2. The van der Waals surface area contributed by atoms with Gasteiger partial charge in [-0.05, 0) is 25.5 Å². The van der Waals surface area contributed by atoms with Crippen LogP contribution in [-0.4, -0.2) is 78.4 Å². The third-order valence-corrected chi connectivity index (χ3v) is 4.93. The lowest BCUT2D eigenvalue weighted by Gasteiger charge is -2.23. The number of nitrogens with zero attached hydrogens (tertiary/aromatic N) is 6. The van der Waals surface area contributed by atoms with E-state index < -0.39 is 0 Å². The Kier molecular flexibility index (Phi) is 10.3. The van der Waals surface area contributed by atoms with E-state index in [4.69, 9.17) is 0 Å². The van der Waals surface area contributed by atoms with Crippen molar-refractivity contribution in [2.45, 2.75) is 33.2 Å². The molecule has 0 fully saturated rings. The van der Waals surface area contributed by atoms with Gasteiger partial charge in [0.25, 0.3) is 0 Å². The fourth-order valence-corrected chi connectivity index (χ4v) is 3.08. The molecule has 0 aliphatic rings. The first-order valence-corrected chi connectivity index (χ1v) is 10.9. The van der Waals surface area contributed by atoms with Gasteiger partial charge in [-0.1, -0.05) is 25.1 Å². The van der Waals surface area contributed by atoms with Crippen LogP contribution in [0.2, 0.25) is 0 Å². The predicted molar refractivity (Wildman–Crippen MR) is 125 cm³/mol. The SMILES string of the molecule is CCc1nncn1CCNC(=NCC(=O)N(C)C)NCCCN(CC)c1ccccc1. The van der Waals surface area contributed by atoms with E-state index in [0.29, 0.717) is 12.5 Å². The summed E-state index contributed by atoms with van der Waals surface area (Å²) >= 11 is 0. The van der Waals surface area contributed by atoms with Crippen LogP contribution in [0.4, 0.5) is 5.69 Å². The zero-order valence-electron chi connectivity index (χ0n) is 19.2. The zero-order valence-corrected chi connectivity index (χ0v) is 19.2. The van der Waals surface area contributed by atoms with Gasteiger partial charge < -0.3 is 25.0 Å². The summed E-state index contributed by atoms with van der Waals surface area (Å²) in [6.45, 7) is 8.39. The van der Waals surface area contributed by atoms with E-state index >= 15 is 0 Å². The molecule has 0 saturated carbocycles.